The fourth-order valence-corrected chi connectivity index (χ4v) is 3.58. The summed E-state index contributed by atoms with van der Waals surface area (Å²) in [6.07, 6.45) is 1.92. The van der Waals surface area contributed by atoms with E-state index in [2.05, 4.69) is 10.6 Å². The number of fused-ring (bicyclic) bond motifs is 1. The standard InChI is InChI=1S/C24H17FN4O2/c25-17-8-6-15(7-9-17)22-16(14-29(28-22)19-4-2-1-3-5-19)13-26-18-10-11-20-21(12-18)24(31)27-23(20)30/h1-12,14,26H,13H2,(H,27,30,31). The van der Waals surface area contributed by atoms with Crippen LogP contribution < -0.4 is 10.6 Å². The molecule has 2 heterocycles. The molecule has 0 saturated heterocycles. The first-order valence-electron chi connectivity index (χ1n) is 9.72. The molecule has 1 aromatic heterocycles. The van der Waals surface area contributed by atoms with Gasteiger partial charge in [0.1, 0.15) is 5.82 Å². The minimum absolute atomic E-state index is 0.308. The fraction of sp³-hybridized carbons (Fsp3) is 0.0417. The molecule has 152 valence electrons. The molecule has 0 atom stereocenters. The summed E-state index contributed by atoms with van der Waals surface area (Å²) in [7, 11) is 0. The molecule has 1 aliphatic heterocycles. The SMILES string of the molecule is O=C1NC(=O)c2cc(NCc3cn(-c4ccccc4)nc3-c3ccc(F)cc3)ccc21. The molecule has 2 N–H and O–H groups in total. The Balaban J connectivity index is 1.47. The van der Waals surface area contributed by atoms with E-state index >= 15 is 0 Å². The van der Waals surface area contributed by atoms with Crippen LogP contribution >= 0.6 is 0 Å². The molecule has 6 nitrogen and oxygen atoms in total. The third-order valence-corrected chi connectivity index (χ3v) is 5.15. The predicted octanol–water partition coefficient (Wildman–Crippen LogP) is 4.17. The summed E-state index contributed by atoms with van der Waals surface area (Å²) in [5, 5.41) is 10.3. The van der Waals surface area contributed by atoms with Crippen LogP contribution in [0.5, 0.6) is 0 Å². The van der Waals surface area contributed by atoms with Gasteiger partial charge in [0.25, 0.3) is 11.8 Å². The Kier molecular flexibility index (Phi) is 4.55. The van der Waals surface area contributed by atoms with Gasteiger partial charge in [0, 0.05) is 29.6 Å². The van der Waals surface area contributed by atoms with Gasteiger partial charge in [-0.25, -0.2) is 9.07 Å². The molecule has 0 fully saturated rings. The van der Waals surface area contributed by atoms with Gasteiger partial charge in [-0.05, 0) is 54.6 Å². The van der Waals surface area contributed by atoms with Crippen LogP contribution in [0.25, 0.3) is 16.9 Å². The second-order valence-electron chi connectivity index (χ2n) is 7.19. The molecule has 0 saturated carbocycles. The van der Waals surface area contributed by atoms with Gasteiger partial charge in [-0.15, -0.1) is 0 Å². The van der Waals surface area contributed by atoms with Crippen LogP contribution in [-0.2, 0) is 6.54 Å². The lowest BCUT2D eigenvalue weighted by atomic mass is 10.1. The van der Waals surface area contributed by atoms with E-state index in [0.29, 0.717) is 23.4 Å². The van der Waals surface area contributed by atoms with Crippen molar-refractivity contribution < 1.29 is 14.0 Å². The zero-order chi connectivity index (χ0) is 21.4. The van der Waals surface area contributed by atoms with Crippen molar-refractivity contribution in [2.24, 2.45) is 0 Å². The van der Waals surface area contributed by atoms with Gasteiger partial charge < -0.3 is 5.32 Å². The lowest BCUT2D eigenvalue weighted by Crippen LogP contribution is -2.19. The van der Waals surface area contributed by atoms with Crippen LogP contribution in [0.1, 0.15) is 26.3 Å². The van der Waals surface area contributed by atoms with E-state index in [1.807, 2.05) is 36.5 Å². The van der Waals surface area contributed by atoms with Gasteiger partial charge in [0.15, 0.2) is 0 Å². The Bertz CT molecular complexity index is 1300. The molecule has 4 aromatic rings. The van der Waals surface area contributed by atoms with Gasteiger partial charge >= 0.3 is 0 Å². The summed E-state index contributed by atoms with van der Waals surface area (Å²) < 4.78 is 15.2. The molecule has 5 rings (SSSR count). The zero-order valence-corrected chi connectivity index (χ0v) is 16.3. The van der Waals surface area contributed by atoms with Crippen molar-refractivity contribution in [1.82, 2.24) is 15.1 Å². The van der Waals surface area contributed by atoms with Crippen molar-refractivity contribution in [3.63, 3.8) is 0 Å². The Hall–Kier alpha value is -4.26. The van der Waals surface area contributed by atoms with E-state index < -0.39 is 5.91 Å². The van der Waals surface area contributed by atoms with Gasteiger partial charge in [-0.1, -0.05) is 18.2 Å². The van der Waals surface area contributed by atoms with Gasteiger partial charge in [-0.3, -0.25) is 14.9 Å². The Labute approximate surface area is 177 Å². The van der Waals surface area contributed by atoms with Gasteiger partial charge in [0.2, 0.25) is 0 Å². The van der Waals surface area contributed by atoms with Gasteiger partial charge in [0.05, 0.1) is 22.5 Å². The average Bonchev–Trinajstić information content (AvgIpc) is 3.34. The molecule has 0 aliphatic carbocycles. The molecule has 0 bridgehead atoms. The normalized spacial score (nSPS) is 12.5. The maximum atomic E-state index is 13.4. The van der Waals surface area contributed by atoms with Crippen LogP contribution in [0, 0.1) is 5.82 Å². The number of hydrogen-bond acceptors (Lipinski definition) is 4. The fourth-order valence-electron chi connectivity index (χ4n) is 3.58. The molecular formula is C24H17FN4O2. The predicted molar refractivity (Wildman–Crippen MR) is 115 cm³/mol. The minimum atomic E-state index is -0.396. The number of nitrogens with zero attached hydrogens (tertiary/aromatic N) is 2. The van der Waals surface area contributed by atoms with Crippen molar-refractivity contribution in [2.75, 3.05) is 5.32 Å². The summed E-state index contributed by atoms with van der Waals surface area (Å²) in [6, 6.07) is 21.0. The van der Waals surface area contributed by atoms with Crippen molar-refractivity contribution in [1.29, 1.82) is 0 Å². The van der Waals surface area contributed by atoms with E-state index in [1.165, 1.54) is 12.1 Å². The largest absolute Gasteiger partial charge is 0.381 e. The van der Waals surface area contributed by atoms with E-state index in [-0.39, 0.29) is 11.7 Å². The van der Waals surface area contributed by atoms with Crippen molar-refractivity contribution in [3.8, 4) is 16.9 Å². The van der Waals surface area contributed by atoms with E-state index in [1.54, 1.807) is 35.0 Å². The number of para-hydroxylation sites is 1. The van der Waals surface area contributed by atoms with Gasteiger partial charge in [-0.2, -0.15) is 5.10 Å². The Morgan fingerprint density at radius 2 is 1.65 bits per heavy atom. The Morgan fingerprint density at radius 1 is 0.903 bits per heavy atom. The number of carbonyl (C=O) groups is 2. The number of rotatable bonds is 5. The Morgan fingerprint density at radius 3 is 2.42 bits per heavy atom. The summed E-state index contributed by atoms with van der Waals surface area (Å²) in [4.78, 5) is 23.7. The lowest BCUT2D eigenvalue weighted by Gasteiger charge is -2.08. The van der Waals surface area contributed by atoms with Crippen molar-refractivity contribution in [2.45, 2.75) is 6.54 Å². The molecule has 1 aliphatic rings. The van der Waals surface area contributed by atoms with E-state index in [0.717, 1.165) is 22.5 Å². The first-order chi connectivity index (χ1) is 15.1. The van der Waals surface area contributed by atoms with Crippen molar-refractivity contribution in [3.05, 3.63) is 102 Å². The van der Waals surface area contributed by atoms with Crippen LogP contribution in [0.2, 0.25) is 0 Å². The van der Waals surface area contributed by atoms with E-state index in [9.17, 15) is 14.0 Å². The molecule has 0 unspecified atom stereocenters. The highest BCUT2D eigenvalue weighted by molar-refractivity contribution is 6.21. The molecule has 2 amide bonds. The molecular weight excluding hydrogens is 395 g/mol. The number of carbonyl (C=O) groups excluding carboxylic acids is 2. The molecule has 0 radical (unpaired) electrons. The second kappa shape index (κ2) is 7.53. The number of benzene rings is 3. The highest BCUT2D eigenvalue weighted by Crippen LogP contribution is 2.26. The third-order valence-electron chi connectivity index (χ3n) is 5.15. The quantitative estimate of drug-likeness (QED) is 0.483. The smallest absolute Gasteiger partial charge is 0.259 e. The first-order valence-corrected chi connectivity index (χ1v) is 9.72. The van der Waals surface area contributed by atoms with Crippen molar-refractivity contribution >= 4 is 17.5 Å². The van der Waals surface area contributed by atoms with Crippen LogP contribution in [-0.4, -0.2) is 21.6 Å². The number of anilines is 1. The number of amides is 2. The maximum absolute atomic E-state index is 13.4. The molecule has 3 aromatic carbocycles. The molecule has 31 heavy (non-hydrogen) atoms. The average molecular weight is 412 g/mol. The topological polar surface area (TPSA) is 76.0 Å². The lowest BCUT2D eigenvalue weighted by molar-refractivity contribution is 0.0879. The zero-order valence-electron chi connectivity index (χ0n) is 16.3. The maximum Gasteiger partial charge on any atom is 0.259 e. The van der Waals surface area contributed by atoms with Crippen LogP contribution in [0.3, 0.4) is 0 Å². The third kappa shape index (κ3) is 3.57. The number of nitrogens with one attached hydrogen (secondary N) is 2. The highest BCUT2D eigenvalue weighted by Gasteiger charge is 2.26. The number of hydrogen-bond donors (Lipinski definition) is 2. The minimum Gasteiger partial charge on any atom is -0.381 e. The number of halogens is 1. The first kappa shape index (κ1) is 18.7. The van der Waals surface area contributed by atoms with Crippen LogP contribution in [0.15, 0.2) is 79.0 Å². The molecule has 0 spiro atoms. The summed E-state index contributed by atoms with van der Waals surface area (Å²) in [5.41, 5.74) is 4.77. The number of aromatic nitrogens is 2. The summed E-state index contributed by atoms with van der Waals surface area (Å²) in [6.45, 7) is 0.424. The summed E-state index contributed by atoms with van der Waals surface area (Å²) >= 11 is 0. The monoisotopic (exact) mass is 412 g/mol. The highest BCUT2D eigenvalue weighted by atomic mass is 19.1. The molecule has 7 heteroatoms. The van der Waals surface area contributed by atoms with Crippen LogP contribution in [0.4, 0.5) is 10.1 Å². The summed E-state index contributed by atoms with van der Waals surface area (Å²) in [5.74, 6) is -1.08. The second-order valence-corrected chi connectivity index (χ2v) is 7.19. The van der Waals surface area contributed by atoms with E-state index in [4.69, 9.17) is 5.10 Å². The number of imide groups is 1.